The van der Waals surface area contributed by atoms with Gasteiger partial charge in [-0.1, -0.05) is 25.1 Å². The van der Waals surface area contributed by atoms with Gasteiger partial charge >= 0.3 is 0 Å². The SMILES string of the molecule is CCc1ccccc1NC(=O)CNC(=O)c1ccc(SC)cc1. The molecule has 0 saturated carbocycles. The molecule has 0 aromatic heterocycles. The van der Waals surface area contributed by atoms with Crippen LogP contribution < -0.4 is 10.6 Å². The van der Waals surface area contributed by atoms with Crippen LogP contribution in [0.25, 0.3) is 0 Å². The van der Waals surface area contributed by atoms with E-state index in [2.05, 4.69) is 10.6 Å². The molecule has 0 heterocycles. The van der Waals surface area contributed by atoms with E-state index in [-0.39, 0.29) is 18.4 Å². The minimum Gasteiger partial charge on any atom is -0.343 e. The molecular formula is C18H20N2O2S. The number of para-hydroxylation sites is 1. The van der Waals surface area contributed by atoms with Gasteiger partial charge in [-0.25, -0.2) is 0 Å². The molecule has 2 aromatic carbocycles. The van der Waals surface area contributed by atoms with E-state index in [0.29, 0.717) is 5.56 Å². The van der Waals surface area contributed by atoms with Crippen molar-refractivity contribution in [3.05, 3.63) is 59.7 Å². The maximum atomic E-state index is 12.0. The van der Waals surface area contributed by atoms with E-state index < -0.39 is 0 Å². The smallest absolute Gasteiger partial charge is 0.251 e. The number of hydrogen-bond acceptors (Lipinski definition) is 3. The molecule has 0 fully saturated rings. The summed E-state index contributed by atoms with van der Waals surface area (Å²) in [5, 5.41) is 5.47. The van der Waals surface area contributed by atoms with Gasteiger partial charge in [0.25, 0.3) is 5.91 Å². The molecule has 2 N–H and O–H groups in total. The second-order valence-corrected chi connectivity index (χ2v) is 5.85. The summed E-state index contributed by atoms with van der Waals surface area (Å²) in [6.07, 6.45) is 2.82. The van der Waals surface area contributed by atoms with E-state index in [1.807, 2.05) is 49.6 Å². The molecule has 0 aliphatic heterocycles. The maximum Gasteiger partial charge on any atom is 0.251 e. The number of anilines is 1. The molecule has 23 heavy (non-hydrogen) atoms. The Morgan fingerprint density at radius 3 is 2.39 bits per heavy atom. The summed E-state index contributed by atoms with van der Waals surface area (Å²) in [5.41, 5.74) is 2.41. The summed E-state index contributed by atoms with van der Waals surface area (Å²) in [5.74, 6) is -0.489. The summed E-state index contributed by atoms with van der Waals surface area (Å²) in [4.78, 5) is 25.1. The van der Waals surface area contributed by atoms with Crippen molar-refractivity contribution in [3.63, 3.8) is 0 Å². The van der Waals surface area contributed by atoms with Crippen LogP contribution in [0.4, 0.5) is 5.69 Å². The fourth-order valence-electron chi connectivity index (χ4n) is 2.15. The van der Waals surface area contributed by atoms with Gasteiger partial charge < -0.3 is 10.6 Å². The molecule has 120 valence electrons. The van der Waals surface area contributed by atoms with Crippen LogP contribution in [0.5, 0.6) is 0 Å². The van der Waals surface area contributed by atoms with Crippen LogP contribution in [0.1, 0.15) is 22.8 Å². The third-order valence-electron chi connectivity index (χ3n) is 3.43. The molecule has 0 atom stereocenters. The van der Waals surface area contributed by atoms with E-state index in [0.717, 1.165) is 22.6 Å². The number of thioether (sulfide) groups is 1. The highest BCUT2D eigenvalue weighted by molar-refractivity contribution is 7.98. The van der Waals surface area contributed by atoms with Gasteiger partial charge in [0.15, 0.2) is 0 Å². The highest BCUT2D eigenvalue weighted by atomic mass is 32.2. The van der Waals surface area contributed by atoms with Crippen LogP contribution in [-0.4, -0.2) is 24.6 Å². The van der Waals surface area contributed by atoms with Crippen molar-refractivity contribution < 1.29 is 9.59 Å². The highest BCUT2D eigenvalue weighted by Gasteiger charge is 2.09. The van der Waals surface area contributed by atoms with Gasteiger partial charge in [-0.2, -0.15) is 0 Å². The molecule has 2 amide bonds. The van der Waals surface area contributed by atoms with Crippen molar-refractivity contribution in [2.45, 2.75) is 18.2 Å². The minimum atomic E-state index is -0.253. The third-order valence-corrected chi connectivity index (χ3v) is 4.18. The number of carbonyl (C=O) groups is 2. The number of aryl methyl sites for hydroxylation is 1. The summed E-state index contributed by atoms with van der Waals surface area (Å²) >= 11 is 1.62. The first-order chi connectivity index (χ1) is 11.1. The average molecular weight is 328 g/mol. The van der Waals surface area contributed by atoms with Crippen LogP contribution >= 0.6 is 11.8 Å². The summed E-state index contributed by atoms with van der Waals surface area (Å²) in [6, 6.07) is 14.9. The zero-order valence-electron chi connectivity index (χ0n) is 13.3. The lowest BCUT2D eigenvalue weighted by atomic mass is 10.1. The molecule has 0 radical (unpaired) electrons. The number of nitrogens with one attached hydrogen (secondary N) is 2. The number of hydrogen-bond donors (Lipinski definition) is 2. The normalized spacial score (nSPS) is 10.2. The van der Waals surface area contributed by atoms with Crippen molar-refractivity contribution in [1.29, 1.82) is 0 Å². The van der Waals surface area contributed by atoms with Crippen LogP contribution in [0.2, 0.25) is 0 Å². The lowest BCUT2D eigenvalue weighted by Gasteiger charge is -2.10. The Hall–Kier alpha value is -2.27. The fourth-order valence-corrected chi connectivity index (χ4v) is 2.56. The van der Waals surface area contributed by atoms with E-state index in [1.165, 1.54) is 0 Å². The lowest BCUT2D eigenvalue weighted by molar-refractivity contribution is -0.115. The highest BCUT2D eigenvalue weighted by Crippen LogP contribution is 2.16. The Morgan fingerprint density at radius 1 is 1.04 bits per heavy atom. The molecule has 0 unspecified atom stereocenters. The van der Waals surface area contributed by atoms with Crippen molar-refractivity contribution in [2.75, 3.05) is 18.1 Å². The summed E-state index contributed by atoms with van der Waals surface area (Å²) in [7, 11) is 0. The van der Waals surface area contributed by atoms with E-state index in [4.69, 9.17) is 0 Å². The predicted octanol–water partition coefficient (Wildman–Crippen LogP) is 3.34. The van der Waals surface area contributed by atoms with Crippen molar-refractivity contribution in [3.8, 4) is 0 Å². The monoisotopic (exact) mass is 328 g/mol. The molecule has 2 aromatic rings. The standard InChI is InChI=1S/C18H20N2O2S/c1-3-13-6-4-5-7-16(13)20-17(21)12-19-18(22)14-8-10-15(23-2)11-9-14/h4-11H,3,12H2,1-2H3,(H,19,22)(H,20,21). The first-order valence-corrected chi connectivity index (χ1v) is 8.66. The van der Waals surface area contributed by atoms with E-state index >= 15 is 0 Å². The van der Waals surface area contributed by atoms with Gasteiger partial charge in [0.05, 0.1) is 6.54 Å². The third kappa shape index (κ3) is 4.86. The zero-order chi connectivity index (χ0) is 16.7. The maximum absolute atomic E-state index is 12.0. The molecular weight excluding hydrogens is 308 g/mol. The molecule has 4 nitrogen and oxygen atoms in total. The lowest BCUT2D eigenvalue weighted by Crippen LogP contribution is -2.33. The van der Waals surface area contributed by atoms with Crippen LogP contribution in [0.3, 0.4) is 0 Å². The molecule has 0 spiro atoms. The van der Waals surface area contributed by atoms with E-state index in [1.54, 1.807) is 23.9 Å². The largest absolute Gasteiger partial charge is 0.343 e. The Kier molecular flexibility index (Phi) is 6.23. The Morgan fingerprint density at radius 2 is 1.74 bits per heavy atom. The second kappa shape index (κ2) is 8.39. The Bertz CT molecular complexity index is 684. The Labute approximate surface area is 140 Å². The molecule has 5 heteroatoms. The topological polar surface area (TPSA) is 58.2 Å². The van der Waals surface area contributed by atoms with Gasteiger partial charge in [0.2, 0.25) is 5.91 Å². The van der Waals surface area contributed by atoms with Crippen molar-refractivity contribution in [1.82, 2.24) is 5.32 Å². The molecule has 0 aliphatic rings. The second-order valence-electron chi connectivity index (χ2n) is 4.97. The molecule has 0 saturated heterocycles. The molecule has 0 bridgehead atoms. The van der Waals surface area contributed by atoms with Crippen LogP contribution in [0, 0.1) is 0 Å². The average Bonchev–Trinajstić information content (AvgIpc) is 2.60. The first kappa shape index (κ1) is 17.1. The fraction of sp³-hybridized carbons (Fsp3) is 0.222. The number of amides is 2. The summed E-state index contributed by atoms with van der Waals surface area (Å²) < 4.78 is 0. The van der Waals surface area contributed by atoms with Crippen LogP contribution in [0.15, 0.2) is 53.4 Å². The minimum absolute atomic E-state index is 0.0544. The van der Waals surface area contributed by atoms with Gasteiger partial charge in [-0.15, -0.1) is 11.8 Å². The van der Waals surface area contributed by atoms with Gasteiger partial charge in [0.1, 0.15) is 0 Å². The van der Waals surface area contributed by atoms with E-state index in [9.17, 15) is 9.59 Å². The van der Waals surface area contributed by atoms with Gasteiger partial charge in [-0.3, -0.25) is 9.59 Å². The van der Waals surface area contributed by atoms with Gasteiger partial charge in [0, 0.05) is 16.1 Å². The number of benzene rings is 2. The summed E-state index contributed by atoms with van der Waals surface area (Å²) in [6.45, 7) is 1.98. The molecule has 2 rings (SSSR count). The van der Waals surface area contributed by atoms with Crippen molar-refractivity contribution >= 4 is 29.3 Å². The first-order valence-electron chi connectivity index (χ1n) is 7.44. The molecule has 0 aliphatic carbocycles. The quantitative estimate of drug-likeness (QED) is 0.800. The predicted molar refractivity (Wildman–Crippen MR) is 95.0 cm³/mol. The number of rotatable bonds is 6. The Balaban J connectivity index is 1.89. The zero-order valence-corrected chi connectivity index (χ0v) is 14.1. The van der Waals surface area contributed by atoms with Crippen molar-refractivity contribution in [2.24, 2.45) is 0 Å². The van der Waals surface area contributed by atoms with Crippen LogP contribution in [-0.2, 0) is 11.2 Å². The number of carbonyl (C=O) groups excluding carboxylic acids is 2. The van der Waals surface area contributed by atoms with Gasteiger partial charge in [-0.05, 0) is 48.6 Å².